The molecule has 0 atom stereocenters. The van der Waals surface area contributed by atoms with E-state index in [2.05, 4.69) is 11.8 Å². The Balaban J connectivity index is 3.85. The third-order valence-electron chi connectivity index (χ3n) is 0.859. The van der Waals surface area contributed by atoms with E-state index >= 15 is 0 Å². The van der Waals surface area contributed by atoms with Gasteiger partial charge in [0.1, 0.15) is 0 Å². The Morgan fingerprint density at radius 1 is 1.50 bits per heavy atom. The molecule has 0 aromatic rings. The Kier molecular flexibility index (Phi) is 2.57. The van der Waals surface area contributed by atoms with Gasteiger partial charge in [-0.25, -0.2) is 0 Å². The van der Waals surface area contributed by atoms with E-state index in [1.165, 1.54) is 0 Å². The number of hydrogen-bond donors (Lipinski definition) is 1. The van der Waals surface area contributed by atoms with Crippen molar-refractivity contribution in [2.45, 2.75) is 20.8 Å². The predicted molar refractivity (Wildman–Crippen MR) is 34.3 cm³/mol. The van der Waals surface area contributed by atoms with E-state index in [9.17, 15) is 0 Å². The normalized spacial score (nSPS) is 10.0. The summed E-state index contributed by atoms with van der Waals surface area (Å²) in [5.74, 6) is 5.62. The van der Waals surface area contributed by atoms with Gasteiger partial charge in [-0.2, -0.15) is 0 Å². The Labute approximate surface area is 50.7 Å². The molecule has 0 unspecified atom stereocenters. The third-order valence-corrected chi connectivity index (χ3v) is 0.859. The lowest BCUT2D eigenvalue weighted by molar-refractivity contribution is 0.206. The van der Waals surface area contributed by atoms with Gasteiger partial charge < -0.3 is 5.11 Å². The predicted octanol–water partition coefficient (Wildman–Crippen LogP) is 1.03. The van der Waals surface area contributed by atoms with Gasteiger partial charge in [-0.15, -0.1) is 5.92 Å². The summed E-state index contributed by atoms with van der Waals surface area (Å²) in [6.45, 7) is 5.72. The van der Waals surface area contributed by atoms with Crippen LogP contribution in [0.1, 0.15) is 20.8 Å². The van der Waals surface area contributed by atoms with Crippen molar-refractivity contribution >= 4 is 0 Å². The molecule has 1 heteroatoms. The summed E-state index contributed by atoms with van der Waals surface area (Å²) in [6, 6.07) is 0. The van der Waals surface area contributed by atoms with Gasteiger partial charge in [-0.3, -0.25) is 0 Å². The van der Waals surface area contributed by atoms with Crippen LogP contribution in [0.3, 0.4) is 0 Å². The van der Waals surface area contributed by atoms with Crippen molar-refractivity contribution in [1.82, 2.24) is 0 Å². The molecule has 0 spiro atoms. The summed E-state index contributed by atoms with van der Waals surface area (Å²) in [5, 5.41) is 8.62. The summed E-state index contributed by atoms with van der Waals surface area (Å²) in [5.41, 5.74) is -0.214. The lowest BCUT2D eigenvalue weighted by atomic mass is 9.96. The molecule has 0 radical (unpaired) electrons. The molecule has 0 fully saturated rings. The topological polar surface area (TPSA) is 20.2 Å². The van der Waals surface area contributed by atoms with E-state index < -0.39 is 0 Å². The minimum Gasteiger partial charge on any atom is -0.395 e. The molecule has 0 aliphatic carbocycles. The maximum absolute atomic E-state index is 8.62. The fourth-order valence-corrected chi connectivity index (χ4v) is 0.378. The second-order valence-electron chi connectivity index (χ2n) is 2.42. The molecule has 0 aromatic carbocycles. The highest BCUT2D eigenvalue weighted by molar-refractivity contribution is 5.06. The first-order valence-electron chi connectivity index (χ1n) is 2.67. The molecule has 0 aliphatic rings. The van der Waals surface area contributed by atoms with E-state index in [1.54, 1.807) is 6.92 Å². The standard InChI is InChI=1S/C7H12O/c1-4-5-7(2,3)6-8/h8H,6H2,1-3H3. The Morgan fingerprint density at radius 3 is 2.12 bits per heavy atom. The van der Waals surface area contributed by atoms with Crippen LogP contribution in [0.25, 0.3) is 0 Å². The fraction of sp³-hybridized carbons (Fsp3) is 0.714. The molecular formula is C7H12O. The minimum atomic E-state index is -0.214. The van der Waals surface area contributed by atoms with Crippen molar-refractivity contribution in [2.75, 3.05) is 6.61 Å². The maximum Gasteiger partial charge on any atom is 0.0591 e. The second kappa shape index (κ2) is 2.74. The average Bonchev–Trinajstić information content (AvgIpc) is 1.67. The number of hydrogen-bond acceptors (Lipinski definition) is 1. The van der Waals surface area contributed by atoms with Crippen LogP contribution in [0, 0.1) is 17.3 Å². The highest BCUT2D eigenvalue weighted by Gasteiger charge is 2.10. The molecule has 0 bridgehead atoms. The summed E-state index contributed by atoms with van der Waals surface area (Å²) in [4.78, 5) is 0. The van der Waals surface area contributed by atoms with Crippen molar-refractivity contribution in [3.63, 3.8) is 0 Å². The SMILES string of the molecule is CC#CC(C)(C)CO. The Morgan fingerprint density at radius 2 is 2.00 bits per heavy atom. The van der Waals surface area contributed by atoms with E-state index in [-0.39, 0.29) is 12.0 Å². The molecule has 46 valence electrons. The average molecular weight is 112 g/mol. The van der Waals surface area contributed by atoms with Crippen LogP contribution in [-0.4, -0.2) is 11.7 Å². The number of aliphatic hydroxyl groups excluding tert-OH is 1. The van der Waals surface area contributed by atoms with Crippen LogP contribution in [0.15, 0.2) is 0 Å². The first kappa shape index (κ1) is 7.52. The number of aliphatic hydroxyl groups is 1. The molecule has 0 saturated carbocycles. The van der Waals surface area contributed by atoms with Crippen molar-refractivity contribution < 1.29 is 5.11 Å². The van der Waals surface area contributed by atoms with Crippen LogP contribution >= 0.6 is 0 Å². The van der Waals surface area contributed by atoms with E-state index in [1.807, 2.05) is 13.8 Å². The zero-order chi connectivity index (χ0) is 6.62. The van der Waals surface area contributed by atoms with Gasteiger partial charge in [0.15, 0.2) is 0 Å². The van der Waals surface area contributed by atoms with Crippen LogP contribution < -0.4 is 0 Å². The molecular weight excluding hydrogens is 100 g/mol. The van der Waals surface area contributed by atoms with Crippen molar-refractivity contribution in [3.8, 4) is 11.8 Å². The Bertz CT molecular complexity index is 114. The first-order valence-corrected chi connectivity index (χ1v) is 2.67. The van der Waals surface area contributed by atoms with E-state index in [4.69, 9.17) is 5.11 Å². The van der Waals surface area contributed by atoms with Crippen LogP contribution in [0.5, 0.6) is 0 Å². The van der Waals surface area contributed by atoms with Gasteiger partial charge in [0.05, 0.1) is 6.61 Å². The molecule has 8 heavy (non-hydrogen) atoms. The largest absolute Gasteiger partial charge is 0.395 e. The van der Waals surface area contributed by atoms with Crippen molar-refractivity contribution in [3.05, 3.63) is 0 Å². The monoisotopic (exact) mass is 112 g/mol. The smallest absolute Gasteiger partial charge is 0.0591 e. The zero-order valence-corrected chi connectivity index (χ0v) is 5.65. The van der Waals surface area contributed by atoms with Gasteiger partial charge in [-0.1, -0.05) is 5.92 Å². The summed E-state index contributed by atoms with van der Waals surface area (Å²) in [6.07, 6.45) is 0. The van der Waals surface area contributed by atoms with Gasteiger partial charge >= 0.3 is 0 Å². The Hall–Kier alpha value is -0.480. The van der Waals surface area contributed by atoms with Crippen LogP contribution in [0.2, 0.25) is 0 Å². The van der Waals surface area contributed by atoms with Crippen molar-refractivity contribution in [1.29, 1.82) is 0 Å². The molecule has 1 nitrogen and oxygen atoms in total. The fourth-order valence-electron chi connectivity index (χ4n) is 0.378. The molecule has 0 rings (SSSR count). The number of rotatable bonds is 1. The highest BCUT2D eigenvalue weighted by atomic mass is 16.3. The molecule has 0 saturated heterocycles. The van der Waals surface area contributed by atoms with E-state index in [0.29, 0.717) is 0 Å². The summed E-state index contributed by atoms with van der Waals surface area (Å²) >= 11 is 0. The minimum absolute atomic E-state index is 0.133. The zero-order valence-electron chi connectivity index (χ0n) is 5.65. The molecule has 0 aliphatic heterocycles. The highest BCUT2D eigenvalue weighted by Crippen LogP contribution is 2.09. The molecule has 0 aromatic heterocycles. The molecule has 0 amide bonds. The summed E-state index contributed by atoms with van der Waals surface area (Å²) in [7, 11) is 0. The quantitative estimate of drug-likeness (QED) is 0.502. The lowest BCUT2D eigenvalue weighted by Crippen LogP contribution is -2.12. The van der Waals surface area contributed by atoms with Crippen LogP contribution in [-0.2, 0) is 0 Å². The maximum atomic E-state index is 8.62. The van der Waals surface area contributed by atoms with Gasteiger partial charge in [0, 0.05) is 5.41 Å². The molecule has 1 N–H and O–H groups in total. The van der Waals surface area contributed by atoms with Gasteiger partial charge in [0.2, 0.25) is 0 Å². The first-order chi connectivity index (χ1) is 3.62. The second-order valence-corrected chi connectivity index (χ2v) is 2.42. The van der Waals surface area contributed by atoms with Crippen LogP contribution in [0.4, 0.5) is 0 Å². The molecule has 0 heterocycles. The lowest BCUT2D eigenvalue weighted by Gasteiger charge is -2.11. The van der Waals surface area contributed by atoms with Gasteiger partial charge in [-0.05, 0) is 20.8 Å². The summed E-state index contributed by atoms with van der Waals surface area (Å²) < 4.78 is 0. The van der Waals surface area contributed by atoms with E-state index in [0.717, 1.165) is 0 Å². The third kappa shape index (κ3) is 2.65. The van der Waals surface area contributed by atoms with Crippen molar-refractivity contribution in [2.24, 2.45) is 5.41 Å². The van der Waals surface area contributed by atoms with Gasteiger partial charge in [0.25, 0.3) is 0 Å².